The zero-order valence-corrected chi connectivity index (χ0v) is 26.1. The lowest BCUT2D eigenvalue weighted by Crippen LogP contribution is -2.42. The first-order chi connectivity index (χ1) is 20.6. The zero-order valence-electron chi connectivity index (χ0n) is 26.1. The Morgan fingerprint density at radius 1 is 1.09 bits per heavy atom. The number of hydroxylamine groups is 2. The molecule has 2 aliphatic heterocycles. The maximum Gasteiger partial charge on any atom is 0.322 e. The first kappa shape index (κ1) is 34.7. The number of carbonyl (C=O) groups is 3. The fraction of sp³-hybridized carbons (Fsp3) is 0.545. The second kappa shape index (κ2) is 15.8. The van der Waals surface area contributed by atoms with Crippen LogP contribution in [0.3, 0.4) is 0 Å². The van der Waals surface area contributed by atoms with E-state index in [-0.39, 0.29) is 43.3 Å². The highest BCUT2D eigenvalue weighted by Gasteiger charge is 2.28. The number of fused-ring (bicyclic) bond motifs is 1. The molecule has 3 heterocycles. The van der Waals surface area contributed by atoms with E-state index in [0.29, 0.717) is 38.3 Å². The Morgan fingerprint density at radius 2 is 1.82 bits per heavy atom. The summed E-state index contributed by atoms with van der Waals surface area (Å²) in [4.78, 5) is 49.1. The largest absolute Gasteiger partial charge is 0.354 e. The van der Waals surface area contributed by atoms with Crippen LogP contribution in [-0.4, -0.2) is 75.8 Å². The molecule has 0 fully saturated rings. The summed E-state index contributed by atoms with van der Waals surface area (Å²) in [6.07, 6.45) is 7.33. The second-order valence-electron chi connectivity index (χ2n) is 12.0. The highest BCUT2D eigenvalue weighted by Crippen LogP contribution is 2.25. The Kier molecular flexibility index (Phi) is 12.4. The summed E-state index contributed by atoms with van der Waals surface area (Å²) in [5, 5.41) is 13.9. The van der Waals surface area contributed by atoms with Crippen LogP contribution in [0.2, 0.25) is 0 Å². The summed E-state index contributed by atoms with van der Waals surface area (Å²) in [6.45, 7) is 10.4. The number of hydrogen-bond donors (Lipinski definition) is 2. The molecule has 240 valence electrons. The lowest BCUT2D eigenvalue weighted by atomic mass is 9.93. The van der Waals surface area contributed by atoms with Gasteiger partial charge in [0, 0.05) is 69.2 Å². The van der Waals surface area contributed by atoms with Gasteiger partial charge in [-0.1, -0.05) is 33.4 Å². The quantitative estimate of drug-likeness (QED) is 0.239. The van der Waals surface area contributed by atoms with Crippen molar-refractivity contribution in [2.75, 3.05) is 32.1 Å². The molecule has 1 aromatic carbocycles. The van der Waals surface area contributed by atoms with Gasteiger partial charge in [0.25, 0.3) is 0 Å². The monoisotopic (exact) mass is 607 g/mol. The number of rotatable bonds is 13. The molecule has 0 spiro atoms. The summed E-state index contributed by atoms with van der Waals surface area (Å²) in [5.74, 6) is -0.121. The number of pyridine rings is 1. The lowest BCUT2D eigenvalue weighted by Gasteiger charge is -2.33. The number of amides is 4. The molecule has 0 saturated heterocycles. The number of anilines is 1. The molecule has 0 aliphatic carbocycles. The number of nitrogens with zero attached hydrogens (tertiary/aromatic N) is 5. The Hall–Kier alpha value is -3.83. The summed E-state index contributed by atoms with van der Waals surface area (Å²) < 4.78 is 0. The minimum Gasteiger partial charge on any atom is -0.354 e. The van der Waals surface area contributed by atoms with Crippen LogP contribution in [0.15, 0.2) is 47.8 Å². The van der Waals surface area contributed by atoms with Crippen molar-refractivity contribution >= 4 is 29.2 Å². The van der Waals surface area contributed by atoms with Crippen LogP contribution in [0.1, 0.15) is 83.9 Å². The maximum absolute atomic E-state index is 12.8. The van der Waals surface area contributed by atoms with Gasteiger partial charge in [-0.25, -0.2) is 9.80 Å². The van der Waals surface area contributed by atoms with Crippen LogP contribution >= 0.6 is 0 Å². The van der Waals surface area contributed by atoms with Gasteiger partial charge in [0.1, 0.15) is 6.61 Å². The molecule has 4 amide bonds. The molecule has 4 rings (SSSR count). The van der Waals surface area contributed by atoms with E-state index in [1.165, 1.54) is 0 Å². The van der Waals surface area contributed by atoms with E-state index in [0.717, 1.165) is 48.1 Å². The van der Waals surface area contributed by atoms with Crippen molar-refractivity contribution in [2.24, 2.45) is 11.0 Å². The molecule has 0 radical (unpaired) electrons. The summed E-state index contributed by atoms with van der Waals surface area (Å²) in [6, 6.07) is 9.42. The number of carbonyl (C=O) groups excluding carboxylic acids is 3. The number of nitrogens with one attached hydrogen (secondary N) is 2. The second-order valence-corrected chi connectivity index (χ2v) is 12.0. The number of urea groups is 1. The van der Waals surface area contributed by atoms with Gasteiger partial charge in [0.15, 0.2) is 0 Å². The Balaban J connectivity index is 0.00000529. The first-order valence-corrected chi connectivity index (χ1v) is 15.2. The normalized spacial score (nSPS) is 16.4. The van der Waals surface area contributed by atoms with Crippen molar-refractivity contribution in [1.82, 2.24) is 25.3 Å². The average Bonchev–Trinajstić information content (AvgIpc) is 3.44. The van der Waals surface area contributed by atoms with Crippen LogP contribution in [0.5, 0.6) is 0 Å². The van der Waals surface area contributed by atoms with Gasteiger partial charge in [-0.2, -0.15) is 10.2 Å². The Labute approximate surface area is 262 Å². The smallest absolute Gasteiger partial charge is 0.322 e. The number of hydrazone groups is 1. The molecule has 2 aromatic rings. The van der Waals surface area contributed by atoms with E-state index in [2.05, 4.69) is 36.4 Å². The predicted molar refractivity (Wildman–Crippen MR) is 173 cm³/mol. The number of benzene rings is 1. The molecule has 2 aliphatic rings. The predicted octanol–water partition coefficient (Wildman–Crippen LogP) is 5.18. The first-order valence-electron chi connectivity index (χ1n) is 15.2. The van der Waals surface area contributed by atoms with Gasteiger partial charge in [-0.05, 0) is 74.4 Å². The molecular formula is C33H49N7O4. The van der Waals surface area contributed by atoms with Crippen molar-refractivity contribution in [3.05, 3.63) is 59.4 Å². The lowest BCUT2D eigenvalue weighted by molar-refractivity contribution is -0.198. The topological polar surface area (TPSA) is 119 Å². The highest BCUT2D eigenvalue weighted by atomic mass is 16.7. The number of aromatic nitrogens is 1. The number of hydrogen-bond acceptors (Lipinski definition) is 7. The van der Waals surface area contributed by atoms with Crippen LogP contribution in [0.4, 0.5) is 10.5 Å². The van der Waals surface area contributed by atoms with Crippen LogP contribution in [-0.2, 0) is 27.5 Å². The van der Waals surface area contributed by atoms with Gasteiger partial charge in [0.05, 0.1) is 5.71 Å². The molecule has 1 aromatic heterocycles. The zero-order chi connectivity index (χ0) is 31.0. The third-order valence-electron chi connectivity index (χ3n) is 8.39. The van der Waals surface area contributed by atoms with Crippen molar-refractivity contribution < 1.29 is 19.2 Å². The molecular weight excluding hydrogens is 558 g/mol. The Morgan fingerprint density at radius 3 is 2.52 bits per heavy atom. The van der Waals surface area contributed by atoms with Crippen LogP contribution < -0.4 is 10.6 Å². The molecule has 11 heteroatoms. The molecule has 44 heavy (non-hydrogen) atoms. The standard InChI is InChI=1S/C32H45N7O4.CH4/c1-6-32(3,4)37(5)43-22-28(40)34-15-8-7-9-17-39-29(41)18-23(2)30(36-39)24-10-12-27(13-11-24)35-31(42)38-20-25-14-16-33-19-26(25)21-38;/h10-14,16,19,23H,6-9,15,17-18,20-22H2,1-5H3,(H,34,40)(H,35,42);1H4. The van der Waals surface area contributed by atoms with Crippen molar-refractivity contribution in [1.29, 1.82) is 0 Å². The molecule has 2 N–H and O–H groups in total. The van der Waals surface area contributed by atoms with Crippen molar-refractivity contribution in [3.8, 4) is 0 Å². The SMILES string of the molecule is C.CCC(C)(C)N(C)OCC(=O)NCCCCCN1N=C(c2ccc(NC(=O)N3Cc4ccncc4C3)cc2)C(C)CC1=O. The Bertz CT molecular complexity index is 1290. The molecule has 1 unspecified atom stereocenters. The molecule has 11 nitrogen and oxygen atoms in total. The van der Waals surface area contributed by atoms with Crippen LogP contribution in [0.25, 0.3) is 0 Å². The molecule has 1 atom stereocenters. The van der Waals surface area contributed by atoms with Crippen molar-refractivity contribution in [2.45, 2.75) is 85.9 Å². The van der Waals surface area contributed by atoms with Crippen LogP contribution in [0, 0.1) is 5.92 Å². The van der Waals surface area contributed by atoms with E-state index >= 15 is 0 Å². The highest BCUT2D eigenvalue weighted by molar-refractivity contribution is 6.06. The summed E-state index contributed by atoms with van der Waals surface area (Å²) in [7, 11) is 1.84. The van der Waals surface area contributed by atoms with Crippen molar-refractivity contribution in [3.63, 3.8) is 0 Å². The minimum absolute atomic E-state index is 0. The number of unbranched alkanes of at least 4 members (excludes halogenated alkanes) is 2. The fourth-order valence-corrected chi connectivity index (χ4v) is 4.95. The van der Waals surface area contributed by atoms with Gasteiger partial charge >= 0.3 is 6.03 Å². The van der Waals surface area contributed by atoms with E-state index in [4.69, 9.17) is 9.94 Å². The minimum atomic E-state index is -0.152. The van der Waals surface area contributed by atoms with E-state index in [9.17, 15) is 14.4 Å². The van der Waals surface area contributed by atoms with Gasteiger partial charge < -0.3 is 15.5 Å². The summed E-state index contributed by atoms with van der Waals surface area (Å²) >= 11 is 0. The van der Waals surface area contributed by atoms with E-state index in [1.54, 1.807) is 21.2 Å². The van der Waals surface area contributed by atoms with Gasteiger partial charge in [-0.15, -0.1) is 0 Å². The molecule has 0 bridgehead atoms. The average molecular weight is 608 g/mol. The van der Waals surface area contributed by atoms with E-state index in [1.807, 2.05) is 50.5 Å². The van der Waals surface area contributed by atoms with Gasteiger partial charge in [-0.3, -0.25) is 19.4 Å². The van der Waals surface area contributed by atoms with E-state index < -0.39 is 0 Å². The third kappa shape index (κ3) is 9.09. The third-order valence-corrected chi connectivity index (χ3v) is 8.39. The molecule has 0 saturated carbocycles. The fourth-order valence-electron chi connectivity index (χ4n) is 4.95. The summed E-state index contributed by atoms with van der Waals surface area (Å²) in [5.41, 5.74) is 4.56. The van der Waals surface area contributed by atoms with Gasteiger partial charge in [0.2, 0.25) is 11.8 Å². The maximum atomic E-state index is 12.8.